The average Bonchev–Trinajstić information content (AvgIpc) is 2.71. The first kappa shape index (κ1) is 15.1. The van der Waals surface area contributed by atoms with E-state index in [0.29, 0.717) is 6.04 Å². The summed E-state index contributed by atoms with van der Waals surface area (Å²) in [4.78, 5) is 19.1. The molecule has 2 rings (SSSR count). The fraction of sp³-hybridized carbons (Fsp3) is 0.692. The first-order valence-electron chi connectivity index (χ1n) is 6.56. The number of thiazole rings is 1. The van der Waals surface area contributed by atoms with Crippen molar-refractivity contribution in [3.05, 3.63) is 10.6 Å². The Bertz CT molecular complexity index is 401. The summed E-state index contributed by atoms with van der Waals surface area (Å²) in [5.74, 6) is -0.0492. The summed E-state index contributed by atoms with van der Waals surface area (Å²) in [6, 6.07) is 0.569. The van der Waals surface area contributed by atoms with E-state index >= 15 is 0 Å². The van der Waals surface area contributed by atoms with Gasteiger partial charge in [0.2, 0.25) is 5.91 Å². The van der Waals surface area contributed by atoms with E-state index < -0.39 is 0 Å². The van der Waals surface area contributed by atoms with Crippen LogP contribution in [-0.4, -0.2) is 28.4 Å². The molecule has 0 saturated heterocycles. The van der Waals surface area contributed by atoms with Gasteiger partial charge in [0.15, 0.2) is 5.13 Å². The Kier molecular flexibility index (Phi) is 5.75. The van der Waals surface area contributed by atoms with E-state index in [9.17, 15) is 4.79 Å². The molecule has 18 heavy (non-hydrogen) atoms. The summed E-state index contributed by atoms with van der Waals surface area (Å²) in [6.07, 6.45) is 0.990. The Morgan fingerprint density at radius 1 is 1.44 bits per heavy atom. The number of nitrogens with one attached hydrogen (secondary N) is 1. The Morgan fingerprint density at radius 3 is 2.67 bits per heavy atom. The second kappa shape index (κ2) is 6.85. The van der Waals surface area contributed by atoms with Crippen molar-refractivity contribution in [2.75, 3.05) is 11.9 Å². The predicted molar refractivity (Wildman–Crippen MR) is 77.0 cm³/mol. The number of anilines is 1. The average molecular weight is 269 g/mol. The van der Waals surface area contributed by atoms with Crippen molar-refractivity contribution < 1.29 is 4.79 Å². The third-order valence-corrected chi connectivity index (χ3v) is 3.77. The molecular formula is C13H23N3OS. The van der Waals surface area contributed by atoms with Crippen LogP contribution in [0.5, 0.6) is 0 Å². The first-order chi connectivity index (χ1) is 8.56. The molecule has 0 saturated carbocycles. The number of fused-ring (bicyclic) bond motifs is 1. The molecule has 0 bridgehead atoms. The van der Waals surface area contributed by atoms with Crippen LogP contribution >= 0.6 is 11.3 Å². The molecule has 0 fully saturated rings. The van der Waals surface area contributed by atoms with Crippen molar-refractivity contribution in [1.29, 1.82) is 0 Å². The molecule has 1 aromatic rings. The minimum atomic E-state index is -0.0492. The Hall–Kier alpha value is -0.940. The van der Waals surface area contributed by atoms with Crippen LogP contribution in [0, 0.1) is 0 Å². The molecule has 5 heteroatoms. The summed E-state index contributed by atoms with van der Waals surface area (Å²) < 4.78 is 0. The molecule has 1 N–H and O–H groups in total. The van der Waals surface area contributed by atoms with Crippen molar-refractivity contribution in [2.24, 2.45) is 0 Å². The number of amides is 1. The van der Waals surface area contributed by atoms with E-state index in [4.69, 9.17) is 0 Å². The van der Waals surface area contributed by atoms with Crippen molar-refractivity contribution >= 4 is 22.4 Å². The normalized spacial score (nSPS) is 14.8. The molecule has 102 valence electrons. The highest BCUT2D eigenvalue weighted by molar-refractivity contribution is 7.15. The van der Waals surface area contributed by atoms with Gasteiger partial charge in [0.1, 0.15) is 0 Å². The largest absolute Gasteiger partial charge is 0.302 e. The van der Waals surface area contributed by atoms with Gasteiger partial charge in [0.25, 0.3) is 0 Å². The topological polar surface area (TPSA) is 45.2 Å². The number of nitrogens with zero attached hydrogens (tertiary/aromatic N) is 2. The summed E-state index contributed by atoms with van der Waals surface area (Å²) in [5.41, 5.74) is 1.16. The van der Waals surface area contributed by atoms with Gasteiger partial charge >= 0.3 is 0 Å². The molecule has 0 unspecified atom stereocenters. The third-order valence-electron chi connectivity index (χ3n) is 2.77. The van der Waals surface area contributed by atoms with Crippen molar-refractivity contribution in [1.82, 2.24) is 9.88 Å². The standard InChI is InChI=1S/C11H17N3OS.C2H6/c1-7(2)14-5-4-9-10(6-14)16-11(13-9)12-8(3)15;1-2/h7H,4-6H2,1-3H3,(H,12,13,15);1-2H3. The summed E-state index contributed by atoms with van der Waals surface area (Å²) >= 11 is 1.60. The number of hydrogen-bond donors (Lipinski definition) is 1. The van der Waals surface area contributed by atoms with Gasteiger partial charge in [-0.1, -0.05) is 13.8 Å². The van der Waals surface area contributed by atoms with Crippen LogP contribution in [0.1, 0.15) is 45.2 Å². The van der Waals surface area contributed by atoms with E-state index in [0.717, 1.165) is 30.3 Å². The zero-order valence-electron chi connectivity index (χ0n) is 11.9. The maximum atomic E-state index is 10.9. The summed E-state index contributed by atoms with van der Waals surface area (Å²) in [5, 5.41) is 3.49. The highest BCUT2D eigenvalue weighted by Gasteiger charge is 2.22. The van der Waals surface area contributed by atoms with Crippen molar-refractivity contribution in [3.63, 3.8) is 0 Å². The Morgan fingerprint density at radius 2 is 2.11 bits per heavy atom. The molecular weight excluding hydrogens is 246 g/mol. The monoisotopic (exact) mass is 269 g/mol. The molecule has 1 amide bonds. The van der Waals surface area contributed by atoms with Gasteiger partial charge in [-0.05, 0) is 13.8 Å². The second-order valence-electron chi connectivity index (χ2n) is 4.38. The molecule has 1 aliphatic heterocycles. The smallest absolute Gasteiger partial charge is 0.223 e. The Labute approximate surface area is 113 Å². The maximum absolute atomic E-state index is 10.9. The van der Waals surface area contributed by atoms with E-state index in [1.54, 1.807) is 11.3 Å². The van der Waals surface area contributed by atoms with Gasteiger partial charge in [-0.3, -0.25) is 9.69 Å². The molecule has 0 radical (unpaired) electrons. The van der Waals surface area contributed by atoms with Crippen molar-refractivity contribution in [3.8, 4) is 0 Å². The number of rotatable bonds is 2. The lowest BCUT2D eigenvalue weighted by Crippen LogP contribution is -2.35. The highest BCUT2D eigenvalue weighted by atomic mass is 32.1. The third kappa shape index (κ3) is 3.78. The van der Waals surface area contributed by atoms with Gasteiger partial charge < -0.3 is 5.32 Å². The fourth-order valence-electron chi connectivity index (χ4n) is 1.86. The fourth-order valence-corrected chi connectivity index (χ4v) is 2.94. The Balaban J connectivity index is 0.000000771. The zero-order chi connectivity index (χ0) is 13.7. The molecule has 0 aliphatic carbocycles. The van der Waals surface area contributed by atoms with Crippen LogP contribution in [0.15, 0.2) is 0 Å². The van der Waals surface area contributed by atoms with Crippen LogP contribution in [0.25, 0.3) is 0 Å². The quantitative estimate of drug-likeness (QED) is 0.898. The minimum Gasteiger partial charge on any atom is -0.302 e. The molecule has 2 heterocycles. The van der Waals surface area contributed by atoms with Gasteiger partial charge in [-0.25, -0.2) is 4.98 Å². The minimum absolute atomic E-state index is 0.0492. The lowest BCUT2D eigenvalue weighted by atomic mass is 10.1. The lowest BCUT2D eigenvalue weighted by Gasteiger charge is -2.29. The number of aromatic nitrogens is 1. The SMILES string of the molecule is CC.CC(=O)Nc1nc2c(s1)CN(C(C)C)CC2. The van der Waals surface area contributed by atoms with Gasteiger partial charge in [-0.2, -0.15) is 0 Å². The van der Waals surface area contributed by atoms with Gasteiger partial charge in [0, 0.05) is 37.4 Å². The van der Waals surface area contributed by atoms with Crippen LogP contribution in [0.4, 0.5) is 5.13 Å². The van der Waals surface area contributed by atoms with E-state index in [2.05, 4.69) is 29.0 Å². The second-order valence-corrected chi connectivity index (χ2v) is 5.47. The van der Waals surface area contributed by atoms with E-state index in [1.807, 2.05) is 13.8 Å². The summed E-state index contributed by atoms with van der Waals surface area (Å²) in [6.45, 7) is 12.0. The maximum Gasteiger partial charge on any atom is 0.223 e. The van der Waals surface area contributed by atoms with Gasteiger partial charge in [-0.15, -0.1) is 11.3 Å². The zero-order valence-corrected chi connectivity index (χ0v) is 12.7. The van der Waals surface area contributed by atoms with Gasteiger partial charge in [0.05, 0.1) is 5.69 Å². The number of hydrogen-bond acceptors (Lipinski definition) is 4. The first-order valence-corrected chi connectivity index (χ1v) is 7.38. The van der Waals surface area contributed by atoms with E-state index in [-0.39, 0.29) is 5.91 Å². The van der Waals surface area contributed by atoms with Crippen LogP contribution < -0.4 is 5.32 Å². The number of carbonyl (C=O) groups excluding carboxylic acids is 1. The van der Waals surface area contributed by atoms with Crippen LogP contribution in [0.3, 0.4) is 0 Å². The summed E-state index contributed by atoms with van der Waals surface area (Å²) in [7, 11) is 0. The molecule has 0 aromatic carbocycles. The lowest BCUT2D eigenvalue weighted by molar-refractivity contribution is -0.114. The van der Waals surface area contributed by atoms with Crippen LogP contribution in [-0.2, 0) is 17.8 Å². The molecule has 0 spiro atoms. The van der Waals surface area contributed by atoms with E-state index in [1.165, 1.54) is 11.8 Å². The molecule has 0 atom stereocenters. The molecule has 4 nitrogen and oxygen atoms in total. The van der Waals surface area contributed by atoms with Crippen molar-refractivity contribution in [2.45, 2.75) is 53.6 Å². The predicted octanol–water partition coefficient (Wildman–Crippen LogP) is 2.89. The highest BCUT2D eigenvalue weighted by Crippen LogP contribution is 2.28. The number of carbonyl (C=O) groups is 1. The molecule has 1 aliphatic rings. The van der Waals surface area contributed by atoms with Crippen LogP contribution in [0.2, 0.25) is 0 Å². The molecule has 1 aromatic heterocycles.